The first-order valence-electron chi connectivity index (χ1n) is 2.48. The molecule has 0 saturated heterocycles. The van der Waals surface area contributed by atoms with E-state index >= 15 is 0 Å². The molecule has 0 fully saturated rings. The fraction of sp³-hybridized carbons (Fsp3) is 0.500. The van der Waals surface area contributed by atoms with Crippen molar-refractivity contribution in [2.24, 2.45) is 4.99 Å². The van der Waals surface area contributed by atoms with Crippen molar-refractivity contribution in [3.8, 4) is 0 Å². The molecular weight excluding hydrogens is 122 g/mol. The second-order valence-electron chi connectivity index (χ2n) is 1.70. The predicted molar refractivity (Wildman–Crippen MR) is 31.5 cm³/mol. The van der Waals surface area contributed by atoms with Crippen LogP contribution in [-0.4, -0.2) is 35.3 Å². The van der Waals surface area contributed by atoms with E-state index in [2.05, 4.69) is 11.7 Å². The minimum absolute atomic E-state index is 0.130. The van der Waals surface area contributed by atoms with Crippen molar-refractivity contribution < 1.29 is 9.50 Å². The molecular formula is C4H6N3O2+. The standard InChI is InChI=1S/C4H6N3O2/c1-6-3-2-5-4(6)7(8)9/h1-3H2/q+1. The number of rotatable bonds is 0. The molecule has 0 aromatic rings. The van der Waals surface area contributed by atoms with Gasteiger partial charge in [-0.1, -0.05) is 0 Å². The van der Waals surface area contributed by atoms with E-state index in [9.17, 15) is 10.1 Å². The molecule has 0 aliphatic carbocycles. The molecule has 48 valence electrons. The molecule has 0 atom stereocenters. The van der Waals surface area contributed by atoms with Crippen LogP contribution in [0.25, 0.3) is 0 Å². The van der Waals surface area contributed by atoms with E-state index in [1.165, 1.54) is 4.58 Å². The summed E-state index contributed by atoms with van der Waals surface area (Å²) in [6, 6.07) is 0. The summed E-state index contributed by atoms with van der Waals surface area (Å²) in [5.74, 6) is -0.130. The average Bonchev–Trinajstić information content (AvgIpc) is 2.13. The van der Waals surface area contributed by atoms with Gasteiger partial charge in [0.1, 0.15) is 0 Å². The first-order chi connectivity index (χ1) is 4.22. The van der Waals surface area contributed by atoms with Crippen molar-refractivity contribution in [2.45, 2.75) is 0 Å². The zero-order valence-corrected chi connectivity index (χ0v) is 4.78. The van der Waals surface area contributed by atoms with Crippen LogP contribution in [-0.2, 0) is 0 Å². The lowest BCUT2D eigenvalue weighted by Gasteiger charge is -1.84. The molecule has 1 aliphatic rings. The van der Waals surface area contributed by atoms with Gasteiger partial charge in [0, 0.05) is 4.99 Å². The van der Waals surface area contributed by atoms with Crippen LogP contribution in [0.4, 0.5) is 0 Å². The summed E-state index contributed by atoms with van der Waals surface area (Å²) in [7, 11) is 0. The lowest BCUT2D eigenvalue weighted by Crippen LogP contribution is -2.22. The highest BCUT2D eigenvalue weighted by Gasteiger charge is 2.32. The normalized spacial score (nSPS) is 17.8. The Balaban J connectivity index is 2.80. The highest BCUT2D eigenvalue weighted by atomic mass is 16.6. The van der Waals surface area contributed by atoms with E-state index in [1.807, 2.05) is 0 Å². The number of nitrogens with zero attached hydrogens (tertiary/aromatic N) is 3. The largest absolute Gasteiger partial charge is 0.622 e. The Morgan fingerprint density at radius 3 is 2.78 bits per heavy atom. The quantitative estimate of drug-likeness (QED) is 0.247. The molecule has 0 amide bonds. The minimum atomic E-state index is -0.528. The van der Waals surface area contributed by atoms with Crippen LogP contribution < -0.4 is 0 Å². The molecule has 1 heterocycles. The number of guanidine groups is 1. The van der Waals surface area contributed by atoms with Crippen LogP contribution in [0.15, 0.2) is 4.99 Å². The van der Waals surface area contributed by atoms with E-state index in [0.717, 1.165) is 0 Å². The second kappa shape index (κ2) is 1.93. The second-order valence-corrected chi connectivity index (χ2v) is 1.70. The van der Waals surface area contributed by atoms with Gasteiger partial charge in [-0.2, -0.15) is 4.58 Å². The van der Waals surface area contributed by atoms with Gasteiger partial charge in [0.2, 0.25) is 6.54 Å². The number of aliphatic imine (C=N–C) groups is 1. The zero-order chi connectivity index (χ0) is 6.85. The third-order valence-electron chi connectivity index (χ3n) is 1.07. The van der Waals surface area contributed by atoms with Gasteiger partial charge in [-0.25, -0.2) is 0 Å². The fourth-order valence-corrected chi connectivity index (χ4v) is 0.644. The van der Waals surface area contributed by atoms with Crippen molar-refractivity contribution >= 4 is 12.7 Å². The average molecular weight is 128 g/mol. The highest BCUT2D eigenvalue weighted by molar-refractivity contribution is 5.65. The van der Waals surface area contributed by atoms with Gasteiger partial charge in [0.25, 0.3) is 0 Å². The maximum absolute atomic E-state index is 10.0. The van der Waals surface area contributed by atoms with Gasteiger partial charge in [-0.3, -0.25) is 0 Å². The number of hydrogen-bond donors (Lipinski definition) is 0. The van der Waals surface area contributed by atoms with Gasteiger partial charge < -0.3 is 10.1 Å². The molecule has 9 heavy (non-hydrogen) atoms. The maximum Gasteiger partial charge on any atom is 0.622 e. The Morgan fingerprint density at radius 2 is 2.56 bits per heavy atom. The van der Waals surface area contributed by atoms with Crippen molar-refractivity contribution in [3.05, 3.63) is 10.1 Å². The van der Waals surface area contributed by atoms with Crippen LogP contribution in [0, 0.1) is 10.1 Å². The van der Waals surface area contributed by atoms with E-state index < -0.39 is 4.92 Å². The third-order valence-corrected chi connectivity index (χ3v) is 1.07. The molecule has 0 unspecified atom stereocenters. The Morgan fingerprint density at radius 1 is 1.89 bits per heavy atom. The Bertz CT molecular complexity index is 196. The van der Waals surface area contributed by atoms with Crippen molar-refractivity contribution in [2.75, 3.05) is 13.1 Å². The minimum Gasteiger partial charge on any atom is -0.320 e. The van der Waals surface area contributed by atoms with Gasteiger partial charge in [0.15, 0.2) is 6.54 Å². The van der Waals surface area contributed by atoms with Gasteiger partial charge in [0.05, 0.1) is 11.6 Å². The monoisotopic (exact) mass is 128 g/mol. The summed E-state index contributed by atoms with van der Waals surface area (Å²) in [6.07, 6.45) is 0. The van der Waals surface area contributed by atoms with E-state index in [0.29, 0.717) is 13.1 Å². The molecule has 0 N–H and O–H groups in total. The molecule has 0 bridgehead atoms. The fourth-order valence-electron chi connectivity index (χ4n) is 0.644. The molecule has 0 radical (unpaired) electrons. The van der Waals surface area contributed by atoms with Crippen LogP contribution in [0.1, 0.15) is 0 Å². The van der Waals surface area contributed by atoms with Crippen molar-refractivity contribution in [1.29, 1.82) is 0 Å². The lowest BCUT2D eigenvalue weighted by molar-refractivity contribution is -0.514. The number of nitro groups is 1. The number of hydrogen-bond acceptors (Lipinski definition) is 3. The van der Waals surface area contributed by atoms with Crippen molar-refractivity contribution in [3.63, 3.8) is 0 Å². The SMILES string of the molecule is C=[N+]1CCN=C1[N+](=O)[O-]. The maximum atomic E-state index is 10.0. The molecule has 0 aromatic carbocycles. The van der Waals surface area contributed by atoms with Crippen LogP contribution in [0.2, 0.25) is 0 Å². The lowest BCUT2D eigenvalue weighted by atomic mass is 10.7. The summed E-state index contributed by atoms with van der Waals surface area (Å²) < 4.78 is 1.28. The molecule has 0 aromatic heterocycles. The predicted octanol–water partition coefficient (Wildman–Crippen LogP) is -0.654. The van der Waals surface area contributed by atoms with Crippen LogP contribution >= 0.6 is 0 Å². The Hall–Kier alpha value is -1.26. The van der Waals surface area contributed by atoms with Gasteiger partial charge in [-0.05, 0) is 0 Å². The highest BCUT2D eigenvalue weighted by Crippen LogP contribution is 1.91. The summed E-state index contributed by atoms with van der Waals surface area (Å²) in [5.41, 5.74) is 0. The van der Waals surface area contributed by atoms with E-state index in [1.54, 1.807) is 0 Å². The molecule has 0 spiro atoms. The first-order valence-corrected chi connectivity index (χ1v) is 2.48. The Kier molecular flexibility index (Phi) is 1.26. The van der Waals surface area contributed by atoms with E-state index in [-0.39, 0.29) is 5.96 Å². The van der Waals surface area contributed by atoms with Crippen LogP contribution in [0.3, 0.4) is 0 Å². The summed E-state index contributed by atoms with van der Waals surface area (Å²) in [4.78, 5) is 13.1. The molecule has 1 aliphatic heterocycles. The summed E-state index contributed by atoms with van der Waals surface area (Å²) in [6.45, 7) is 4.44. The van der Waals surface area contributed by atoms with Crippen molar-refractivity contribution in [1.82, 2.24) is 0 Å². The Labute approximate surface area is 51.5 Å². The van der Waals surface area contributed by atoms with Crippen LogP contribution in [0.5, 0.6) is 0 Å². The molecule has 5 nitrogen and oxygen atoms in total. The third kappa shape index (κ3) is 0.933. The smallest absolute Gasteiger partial charge is 0.320 e. The molecule has 1 rings (SSSR count). The first kappa shape index (κ1) is 5.87. The molecule has 0 saturated carbocycles. The van der Waals surface area contributed by atoms with E-state index in [4.69, 9.17) is 0 Å². The van der Waals surface area contributed by atoms with Gasteiger partial charge >= 0.3 is 5.96 Å². The summed E-state index contributed by atoms with van der Waals surface area (Å²) in [5, 5.41) is 10.0. The zero-order valence-electron chi connectivity index (χ0n) is 4.78. The molecule has 5 heteroatoms. The summed E-state index contributed by atoms with van der Waals surface area (Å²) >= 11 is 0. The topological polar surface area (TPSA) is 58.5 Å². The van der Waals surface area contributed by atoms with Gasteiger partial charge in [-0.15, -0.1) is 0 Å².